The minimum Gasteiger partial charge on any atom is -0.324 e. The predicted molar refractivity (Wildman–Crippen MR) is 101 cm³/mol. The first-order chi connectivity index (χ1) is 12.4. The quantitative estimate of drug-likeness (QED) is 0.786. The molecule has 0 aliphatic heterocycles. The number of anilines is 1. The zero-order valence-corrected chi connectivity index (χ0v) is 15.0. The number of hydrogen-bond donors (Lipinski definition) is 1. The van der Waals surface area contributed by atoms with Gasteiger partial charge in [-0.1, -0.05) is 18.2 Å². The summed E-state index contributed by atoms with van der Waals surface area (Å²) in [6, 6.07) is 12.7. The molecule has 3 aromatic rings. The van der Waals surface area contributed by atoms with Gasteiger partial charge in [-0.15, -0.1) is 0 Å². The Morgan fingerprint density at radius 2 is 1.88 bits per heavy atom. The predicted octanol–water partition coefficient (Wildman–Crippen LogP) is 2.87. The molecule has 0 saturated carbocycles. The summed E-state index contributed by atoms with van der Waals surface area (Å²) in [6.07, 6.45) is 1.65. The average molecular weight is 348 g/mol. The summed E-state index contributed by atoms with van der Waals surface area (Å²) >= 11 is 0. The molecule has 0 unspecified atom stereocenters. The monoisotopic (exact) mass is 348 g/mol. The van der Waals surface area contributed by atoms with Crippen molar-refractivity contribution in [1.82, 2.24) is 14.5 Å². The molecule has 0 spiro atoms. The van der Waals surface area contributed by atoms with Gasteiger partial charge >= 0.3 is 0 Å². The first kappa shape index (κ1) is 17.5. The van der Waals surface area contributed by atoms with Gasteiger partial charge in [0.2, 0.25) is 5.91 Å². The lowest BCUT2D eigenvalue weighted by molar-refractivity contribution is -0.116. The molecule has 1 amide bonds. The normalized spacial score (nSPS) is 10.6. The minimum absolute atomic E-state index is 0.0897. The van der Waals surface area contributed by atoms with Crippen LogP contribution in [0, 0.1) is 20.8 Å². The first-order valence-corrected chi connectivity index (χ1v) is 8.31. The van der Waals surface area contributed by atoms with Crippen LogP contribution in [0.2, 0.25) is 0 Å². The SMILES string of the molecule is Cc1ccc(C)c(NC(=O)Cn2c(C)nc(-c3ccccn3)cc2=O)c1. The molecule has 6 nitrogen and oxygen atoms in total. The Labute approximate surface area is 151 Å². The number of nitrogens with one attached hydrogen (secondary N) is 1. The fourth-order valence-electron chi connectivity index (χ4n) is 2.66. The molecule has 1 N–H and O–H groups in total. The van der Waals surface area contributed by atoms with Crippen LogP contribution in [0.5, 0.6) is 0 Å². The summed E-state index contributed by atoms with van der Waals surface area (Å²) in [5, 5.41) is 2.86. The van der Waals surface area contributed by atoms with E-state index in [0.29, 0.717) is 17.2 Å². The van der Waals surface area contributed by atoms with E-state index in [1.807, 2.05) is 38.1 Å². The number of rotatable bonds is 4. The van der Waals surface area contributed by atoms with E-state index in [4.69, 9.17) is 0 Å². The zero-order valence-electron chi connectivity index (χ0n) is 15.0. The van der Waals surface area contributed by atoms with Gasteiger partial charge in [0.1, 0.15) is 12.4 Å². The Morgan fingerprint density at radius 1 is 1.08 bits per heavy atom. The highest BCUT2D eigenvalue weighted by atomic mass is 16.2. The van der Waals surface area contributed by atoms with Crippen LogP contribution in [0.3, 0.4) is 0 Å². The topological polar surface area (TPSA) is 76.9 Å². The molecule has 6 heteroatoms. The van der Waals surface area contributed by atoms with Crippen LogP contribution in [-0.2, 0) is 11.3 Å². The van der Waals surface area contributed by atoms with Crippen LogP contribution in [0.15, 0.2) is 53.5 Å². The largest absolute Gasteiger partial charge is 0.324 e. The van der Waals surface area contributed by atoms with Crippen molar-refractivity contribution < 1.29 is 4.79 Å². The Balaban J connectivity index is 1.83. The lowest BCUT2D eigenvalue weighted by Crippen LogP contribution is -2.30. The number of carbonyl (C=O) groups is 1. The second-order valence-corrected chi connectivity index (χ2v) is 6.19. The third-order valence-electron chi connectivity index (χ3n) is 4.10. The van der Waals surface area contributed by atoms with Crippen LogP contribution < -0.4 is 10.9 Å². The number of aromatic nitrogens is 3. The molecule has 3 rings (SSSR count). The Hall–Kier alpha value is -3.28. The van der Waals surface area contributed by atoms with Crippen LogP contribution in [0.4, 0.5) is 5.69 Å². The maximum absolute atomic E-state index is 12.5. The molecule has 0 aliphatic carbocycles. The number of aryl methyl sites for hydroxylation is 3. The molecule has 26 heavy (non-hydrogen) atoms. The summed E-state index contributed by atoms with van der Waals surface area (Å²) in [4.78, 5) is 33.5. The van der Waals surface area contributed by atoms with Gasteiger partial charge in [0.25, 0.3) is 5.56 Å². The molecule has 0 aliphatic rings. The number of hydrogen-bond acceptors (Lipinski definition) is 4. The highest BCUT2D eigenvalue weighted by Crippen LogP contribution is 2.16. The fraction of sp³-hybridized carbons (Fsp3) is 0.200. The molecule has 0 fully saturated rings. The van der Waals surface area contributed by atoms with Gasteiger partial charge in [0, 0.05) is 18.0 Å². The summed E-state index contributed by atoms with van der Waals surface area (Å²) in [7, 11) is 0. The number of nitrogens with zero attached hydrogens (tertiary/aromatic N) is 3. The van der Waals surface area contributed by atoms with E-state index >= 15 is 0 Å². The van der Waals surface area contributed by atoms with Crippen molar-refractivity contribution in [3.63, 3.8) is 0 Å². The summed E-state index contributed by atoms with van der Waals surface area (Å²) in [6.45, 7) is 5.51. The van der Waals surface area contributed by atoms with E-state index in [0.717, 1.165) is 16.8 Å². The summed E-state index contributed by atoms with van der Waals surface area (Å²) < 4.78 is 1.35. The van der Waals surface area contributed by atoms with Crippen LogP contribution in [0.25, 0.3) is 11.4 Å². The van der Waals surface area contributed by atoms with Gasteiger partial charge in [-0.25, -0.2) is 4.98 Å². The van der Waals surface area contributed by atoms with E-state index in [9.17, 15) is 9.59 Å². The van der Waals surface area contributed by atoms with E-state index in [1.165, 1.54) is 10.6 Å². The van der Waals surface area contributed by atoms with Gasteiger partial charge in [-0.3, -0.25) is 19.1 Å². The molecule has 0 radical (unpaired) electrons. The third-order valence-corrected chi connectivity index (χ3v) is 4.10. The van der Waals surface area contributed by atoms with Crippen molar-refractivity contribution in [2.24, 2.45) is 0 Å². The van der Waals surface area contributed by atoms with Gasteiger partial charge in [-0.05, 0) is 50.1 Å². The molecule has 0 saturated heterocycles. The second-order valence-electron chi connectivity index (χ2n) is 6.19. The van der Waals surface area contributed by atoms with E-state index in [2.05, 4.69) is 15.3 Å². The maximum atomic E-state index is 12.5. The zero-order chi connectivity index (χ0) is 18.7. The van der Waals surface area contributed by atoms with Crippen molar-refractivity contribution in [2.75, 3.05) is 5.32 Å². The number of carbonyl (C=O) groups excluding carboxylic acids is 1. The van der Waals surface area contributed by atoms with Crippen LogP contribution >= 0.6 is 0 Å². The molecule has 132 valence electrons. The van der Waals surface area contributed by atoms with E-state index in [1.54, 1.807) is 25.3 Å². The van der Waals surface area contributed by atoms with Gasteiger partial charge in [0.15, 0.2) is 0 Å². The molecule has 0 atom stereocenters. The summed E-state index contributed by atoms with van der Waals surface area (Å²) in [5.41, 5.74) is 3.62. The molecular weight excluding hydrogens is 328 g/mol. The third kappa shape index (κ3) is 3.85. The number of amides is 1. The Bertz CT molecular complexity index is 1010. The standard InChI is InChI=1S/C20H20N4O2/c1-13-7-8-14(2)17(10-13)23-19(25)12-24-15(3)22-18(11-20(24)26)16-6-4-5-9-21-16/h4-11H,12H2,1-3H3,(H,23,25). The van der Waals surface area contributed by atoms with Gasteiger partial charge < -0.3 is 5.32 Å². The van der Waals surface area contributed by atoms with Crippen molar-refractivity contribution in [2.45, 2.75) is 27.3 Å². The number of benzene rings is 1. The first-order valence-electron chi connectivity index (χ1n) is 8.31. The highest BCUT2D eigenvalue weighted by molar-refractivity contribution is 5.91. The molecule has 0 bridgehead atoms. The molecule has 2 aromatic heterocycles. The second kappa shape index (κ2) is 7.31. The molecule has 2 heterocycles. The van der Waals surface area contributed by atoms with Crippen LogP contribution in [0.1, 0.15) is 17.0 Å². The van der Waals surface area contributed by atoms with Crippen molar-refractivity contribution in [3.05, 3.63) is 76.0 Å². The van der Waals surface area contributed by atoms with E-state index < -0.39 is 0 Å². The highest BCUT2D eigenvalue weighted by Gasteiger charge is 2.12. The van der Waals surface area contributed by atoms with E-state index in [-0.39, 0.29) is 18.0 Å². The maximum Gasteiger partial charge on any atom is 0.254 e. The smallest absolute Gasteiger partial charge is 0.254 e. The van der Waals surface area contributed by atoms with Crippen LogP contribution in [-0.4, -0.2) is 20.4 Å². The fourth-order valence-corrected chi connectivity index (χ4v) is 2.66. The average Bonchev–Trinajstić information content (AvgIpc) is 2.62. The summed E-state index contributed by atoms with van der Waals surface area (Å²) in [5.74, 6) is 0.200. The lowest BCUT2D eigenvalue weighted by atomic mass is 10.1. The van der Waals surface area contributed by atoms with Crippen molar-refractivity contribution >= 4 is 11.6 Å². The van der Waals surface area contributed by atoms with Gasteiger partial charge in [0.05, 0.1) is 11.4 Å². The van der Waals surface area contributed by atoms with Crippen molar-refractivity contribution in [3.8, 4) is 11.4 Å². The van der Waals surface area contributed by atoms with Gasteiger partial charge in [-0.2, -0.15) is 0 Å². The Morgan fingerprint density at radius 3 is 2.58 bits per heavy atom. The van der Waals surface area contributed by atoms with Crippen molar-refractivity contribution in [1.29, 1.82) is 0 Å². The Kier molecular flexibility index (Phi) is 4.93. The minimum atomic E-state index is -0.283. The lowest BCUT2D eigenvalue weighted by Gasteiger charge is -2.12. The molecular formula is C20H20N4O2. The molecule has 1 aromatic carbocycles. The number of pyridine rings is 1.